The van der Waals surface area contributed by atoms with Crippen molar-refractivity contribution in [1.29, 1.82) is 5.26 Å². The summed E-state index contributed by atoms with van der Waals surface area (Å²) in [5.74, 6) is 1.85. The number of nitriles is 1. The van der Waals surface area contributed by atoms with Crippen molar-refractivity contribution < 1.29 is 0 Å². The van der Waals surface area contributed by atoms with Gasteiger partial charge in [-0.15, -0.1) is 11.3 Å². The lowest BCUT2D eigenvalue weighted by atomic mass is 10.5. The van der Waals surface area contributed by atoms with Crippen molar-refractivity contribution in [2.45, 2.75) is 25.5 Å². The predicted molar refractivity (Wildman–Crippen MR) is 57.9 cm³/mol. The highest BCUT2D eigenvalue weighted by Crippen LogP contribution is 2.16. The van der Waals surface area contributed by atoms with E-state index in [1.807, 2.05) is 0 Å². The second kappa shape index (κ2) is 6.01. The topological polar surface area (TPSA) is 36.7 Å². The summed E-state index contributed by atoms with van der Waals surface area (Å²) in [4.78, 5) is 4.44. The molecule has 0 fully saturated rings. The first-order valence-electron chi connectivity index (χ1n) is 4.24. The van der Waals surface area contributed by atoms with E-state index in [2.05, 4.69) is 23.4 Å². The number of thiazole rings is 1. The minimum absolute atomic E-state index is 0.634. The highest BCUT2D eigenvalue weighted by molar-refractivity contribution is 7.98. The second-order valence-electron chi connectivity index (χ2n) is 2.55. The van der Waals surface area contributed by atoms with Gasteiger partial charge in [0.2, 0.25) is 0 Å². The molecule has 0 aromatic carbocycles. The Morgan fingerprint density at radius 3 is 3.15 bits per heavy atom. The molecule has 1 heterocycles. The maximum absolute atomic E-state index is 8.33. The molecule has 0 radical (unpaired) electrons. The molecule has 4 heteroatoms. The van der Waals surface area contributed by atoms with Crippen LogP contribution in [-0.4, -0.2) is 10.7 Å². The van der Waals surface area contributed by atoms with Crippen LogP contribution in [0.1, 0.15) is 24.0 Å². The fourth-order valence-corrected chi connectivity index (χ4v) is 2.46. The third-order valence-electron chi connectivity index (χ3n) is 1.51. The van der Waals surface area contributed by atoms with Crippen LogP contribution in [0.2, 0.25) is 0 Å². The van der Waals surface area contributed by atoms with Crippen molar-refractivity contribution in [3.63, 3.8) is 0 Å². The molecule has 2 nitrogen and oxygen atoms in total. The fourth-order valence-electron chi connectivity index (χ4n) is 0.872. The zero-order valence-corrected chi connectivity index (χ0v) is 9.25. The maximum Gasteiger partial charge on any atom is 0.0925 e. The molecule has 70 valence electrons. The number of hydrogen-bond donors (Lipinski definition) is 0. The number of thioether (sulfide) groups is 1. The van der Waals surface area contributed by atoms with Crippen LogP contribution in [0.5, 0.6) is 0 Å². The summed E-state index contributed by atoms with van der Waals surface area (Å²) in [6, 6.07) is 2.13. The third kappa shape index (κ3) is 3.79. The van der Waals surface area contributed by atoms with Gasteiger partial charge in [-0.2, -0.15) is 17.0 Å². The van der Waals surface area contributed by atoms with E-state index in [1.165, 1.54) is 5.01 Å². The van der Waals surface area contributed by atoms with Crippen molar-refractivity contribution >= 4 is 23.1 Å². The summed E-state index contributed by atoms with van der Waals surface area (Å²) in [7, 11) is 0. The van der Waals surface area contributed by atoms with Gasteiger partial charge in [0.25, 0.3) is 0 Å². The van der Waals surface area contributed by atoms with Crippen LogP contribution in [0.15, 0.2) is 5.38 Å². The Morgan fingerprint density at radius 1 is 1.69 bits per heavy atom. The van der Waals surface area contributed by atoms with Crippen LogP contribution in [0, 0.1) is 11.3 Å². The Morgan fingerprint density at radius 2 is 2.54 bits per heavy atom. The molecule has 0 N–H and O–H groups in total. The zero-order valence-electron chi connectivity index (χ0n) is 7.62. The van der Waals surface area contributed by atoms with Crippen LogP contribution in [-0.2, 0) is 12.2 Å². The van der Waals surface area contributed by atoms with Crippen molar-refractivity contribution in [3.05, 3.63) is 16.1 Å². The molecule has 0 amide bonds. The summed E-state index contributed by atoms with van der Waals surface area (Å²) < 4.78 is 0. The van der Waals surface area contributed by atoms with Gasteiger partial charge in [0, 0.05) is 23.3 Å². The molecule has 0 aliphatic heterocycles. The Hall–Kier alpha value is -0.530. The normalized spacial score (nSPS) is 9.85. The van der Waals surface area contributed by atoms with E-state index in [9.17, 15) is 0 Å². The smallest absolute Gasteiger partial charge is 0.0925 e. The Balaban J connectivity index is 2.25. The summed E-state index contributed by atoms with van der Waals surface area (Å²) in [5, 5.41) is 11.6. The van der Waals surface area contributed by atoms with Crippen molar-refractivity contribution in [1.82, 2.24) is 4.98 Å². The van der Waals surface area contributed by atoms with Gasteiger partial charge in [-0.3, -0.25) is 0 Å². The molecule has 0 saturated heterocycles. The molecule has 0 bridgehead atoms. The lowest BCUT2D eigenvalue weighted by Gasteiger charge is -1.93. The van der Waals surface area contributed by atoms with Crippen LogP contribution < -0.4 is 0 Å². The molecule has 0 spiro atoms. The number of aryl methyl sites for hydroxylation is 1. The first-order valence-corrected chi connectivity index (χ1v) is 6.28. The summed E-state index contributed by atoms with van der Waals surface area (Å²) >= 11 is 3.50. The van der Waals surface area contributed by atoms with Gasteiger partial charge in [-0.25, -0.2) is 4.98 Å². The predicted octanol–water partition coefficient (Wildman–Crippen LogP) is 2.85. The number of hydrogen-bond acceptors (Lipinski definition) is 4. The number of rotatable bonds is 5. The van der Waals surface area contributed by atoms with E-state index in [4.69, 9.17) is 5.26 Å². The highest BCUT2D eigenvalue weighted by Gasteiger charge is 1.99. The summed E-state index contributed by atoms with van der Waals surface area (Å²) in [6.45, 7) is 2.12. The van der Waals surface area contributed by atoms with E-state index in [0.717, 1.165) is 23.6 Å². The van der Waals surface area contributed by atoms with Crippen molar-refractivity contribution in [2.75, 3.05) is 5.75 Å². The van der Waals surface area contributed by atoms with Crippen LogP contribution >= 0.6 is 23.1 Å². The van der Waals surface area contributed by atoms with Crippen LogP contribution in [0.25, 0.3) is 0 Å². The van der Waals surface area contributed by atoms with E-state index < -0.39 is 0 Å². The maximum atomic E-state index is 8.33. The molecule has 13 heavy (non-hydrogen) atoms. The molecular weight excluding hydrogens is 200 g/mol. The van der Waals surface area contributed by atoms with E-state index >= 15 is 0 Å². The van der Waals surface area contributed by atoms with Gasteiger partial charge >= 0.3 is 0 Å². The molecule has 0 atom stereocenters. The van der Waals surface area contributed by atoms with Gasteiger partial charge < -0.3 is 0 Å². The summed E-state index contributed by atoms with van der Waals surface area (Å²) in [5.41, 5.74) is 1.16. The van der Waals surface area contributed by atoms with Gasteiger partial charge in [0.1, 0.15) is 0 Å². The van der Waals surface area contributed by atoms with E-state index in [0.29, 0.717) is 6.42 Å². The number of nitrogens with zero attached hydrogens (tertiary/aromatic N) is 2. The van der Waals surface area contributed by atoms with E-state index in [-0.39, 0.29) is 0 Å². The van der Waals surface area contributed by atoms with Gasteiger partial charge in [0.15, 0.2) is 0 Å². The SMILES string of the molecule is CCc1nc(CSCCC#N)cs1. The van der Waals surface area contributed by atoms with Gasteiger partial charge in [0.05, 0.1) is 16.8 Å². The first kappa shape index (κ1) is 10.6. The molecule has 1 aromatic heterocycles. The van der Waals surface area contributed by atoms with Gasteiger partial charge in [-0.05, 0) is 6.42 Å². The van der Waals surface area contributed by atoms with Crippen LogP contribution in [0.4, 0.5) is 0 Å². The minimum Gasteiger partial charge on any atom is -0.245 e. The quantitative estimate of drug-likeness (QED) is 0.704. The number of aromatic nitrogens is 1. The molecule has 0 aliphatic carbocycles. The molecule has 1 aromatic rings. The van der Waals surface area contributed by atoms with Crippen molar-refractivity contribution in [3.8, 4) is 6.07 Å². The molecule has 0 unspecified atom stereocenters. The Kier molecular flexibility index (Phi) is 4.87. The van der Waals surface area contributed by atoms with Crippen molar-refractivity contribution in [2.24, 2.45) is 0 Å². The zero-order chi connectivity index (χ0) is 9.52. The first-order chi connectivity index (χ1) is 6.36. The fraction of sp³-hybridized carbons (Fsp3) is 0.556. The monoisotopic (exact) mass is 212 g/mol. The largest absolute Gasteiger partial charge is 0.245 e. The summed E-state index contributed by atoms with van der Waals surface area (Å²) in [6.07, 6.45) is 1.66. The average molecular weight is 212 g/mol. The lowest BCUT2D eigenvalue weighted by molar-refractivity contribution is 1.06. The molecule has 0 aliphatic rings. The highest BCUT2D eigenvalue weighted by atomic mass is 32.2. The molecule has 0 saturated carbocycles. The third-order valence-corrected chi connectivity index (χ3v) is 3.54. The van der Waals surface area contributed by atoms with E-state index in [1.54, 1.807) is 23.1 Å². The average Bonchev–Trinajstić information content (AvgIpc) is 2.60. The molecule has 1 rings (SSSR count). The molecular formula is C9H12N2S2. The Labute approximate surface area is 87.0 Å². The second-order valence-corrected chi connectivity index (χ2v) is 4.59. The van der Waals surface area contributed by atoms with Crippen LogP contribution in [0.3, 0.4) is 0 Å². The van der Waals surface area contributed by atoms with Gasteiger partial charge in [-0.1, -0.05) is 6.92 Å². The standard InChI is InChI=1S/C9H12N2S2/c1-2-9-11-8(7-13-9)6-12-5-3-4-10/h7H,2-3,5-6H2,1H3. The lowest BCUT2D eigenvalue weighted by Crippen LogP contribution is -1.84. The Bertz CT molecular complexity index is 288. The minimum atomic E-state index is 0.634.